The molecule has 0 aliphatic carbocycles. The summed E-state index contributed by atoms with van der Waals surface area (Å²) in [4.78, 5) is 13.4. The zero-order chi connectivity index (χ0) is 14.5. The monoisotopic (exact) mass is 278 g/mol. The van der Waals surface area contributed by atoms with E-state index in [-0.39, 0.29) is 6.04 Å². The van der Waals surface area contributed by atoms with E-state index in [0.29, 0.717) is 0 Å². The summed E-state index contributed by atoms with van der Waals surface area (Å²) in [5.41, 5.74) is 2.87. The fourth-order valence-electron chi connectivity index (χ4n) is 2.35. The molecule has 2 aromatic heterocycles. The number of aromatic nitrogens is 3. The van der Waals surface area contributed by atoms with Crippen molar-refractivity contribution in [2.75, 3.05) is 6.54 Å². The molecular weight excluding hydrogens is 260 g/mol. The largest absolute Gasteiger partial charge is 0.304 e. The standard InChI is InChI=1S/C17H18N4/c1-2-9-20-17(16-12-18-10-11-19-16)15-8-7-13-5-3-4-6-14(13)21-15/h3-8,10-12,17,20H,2,9H2,1H3. The molecule has 1 aromatic carbocycles. The van der Waals surface area contributed by atoms with Crippen LogP contribution in [0.25, 0.3) is 10.9 Å². The second-order valence-corrected chi connectivity index (χ2v) is 4.95. The number of fused-ring (bicyclic) bond motifs is 1. The van der Waals surface area contributed by atoms with E-state index in [0.717, 1.165) is 35.3 Å². The van der Waals surface area contributed by atoms with E-state index in [4.69, 9.17) is 4.98 Å². The first-order valence-electron chi connectivity index (χ1n) is 7.23. The number of nitrogens with one attached hydrogen (secondary N) is 1. The van der Waals surface area contributed by atoms with Gasteiger partial charge in [0.2, 0.25) is 0 Å². The number of benzene rings is 1. The summed E-state index contributed by atoms with van der Waals surface area (Å²) in [5.74, 6) is 0. The molecule has 0 bridgehead atoms. The number of hydrogen-bond donors (Lipinski definition) is 1. The molecule has 3 aromatic rings. The Morgan fingerprint density at radius 1 is 1.05 bits per heavy atom. The highest BCUT2D eigenvalue weighted by Gasteiger charge is 2.16. The normalized spacial score (nSPS) is 12.4. The summed E-state index contributed by atoms with van der Waals surface area (Å²) >= 11 is 0. The molecule has 4 nitrogen and oxygen atoms in total. The second kappa shape index (κ2) is 6.41. The first kappa shape index (κ1) is 13.6. The highest BCUT2D eigenvalue weighted by molar-refractivity contribution is 5.78. The van der Waals surface area contributed by atoms with Crippen molar-refractivity contribution < 1.29 is 0 Å². The molecule has 0 saturated heterocycles. The van der Waals surface area contributed by atoms with Crippen LogP contribution in [0.5, 0.6) is 0 Å². The molecule has 1 atom stereocenters. The maximum atomic E-state index is 4.77. The third-order valence-corrected chi connectivity index (χ3v) is 3.39. The van der Waals surface area contributed by atoms with Crippen molar-refractivity contribution in [3.05, 3.63) is 66.4 Å². The van der Waals surface area contributed by atoms with E-state index >= 15 is 0 Å². The fourth-order valence-corrected chi connectivity index (χ4v) is 2.35. The van der Waals surface area contributed by atoms with Crippen LogP contribution in [0, 0.1) is 0 Å². The van der Waals surface area contributed by atoms with E-state index in [1.54, 1.807) is 18.6 Å². The summed E-state index contributed by atoms with van der Waals surface area (Å²) < 4.78 is 0. The van der Waals surface area contributed by atoms with Crippen molar-refractivity contribution in [1.82, 2.24) is 20.3 Å². The van der Waals surface area contributed by atoms with Gasteiger partial charge in [0, 0.05) is 17.8 Å². The molecule has 0 spiro atoms. The van der Waals surface area contributed by atoms with Gasteiger partial charge in [-0.3, -0.25) is 15.0 Å². The Labute approximate surface area is 124 Å². The van der Waals surface area contributed by atoms with Crippen LogP contribution >= 0.6 is 0 Å². The number of para-hydroxylation sites is 1. The topological polar surface area (TPSA) is 50.7 Å². The number of hydrogen-bond acceptors (Lipinski definition) is 4. The first-order chi connectivity index (χ1) is 10.4. The van der Waals surface area contributed by atoms with Gasteiger partial charge >= 0.3 is 0 Å². The quantitative estimate of drug-likeness (QED) is 0.779. The van der Waals surface area contributed by atoms with Crippen LogP contribution in [0.4, 0.5) is 0 Å². The molecule has 1 unspecified atom stereocenters. The molecular formula is C17H18N4. The van der Waals surface area contributed by atoms with Crippen molar-refractivity contribution in [3.63, 3.8) is 0 Å². The van der Waals surface area contributed by atoms with Gasteiger partial charge < -0.3 is 5.32 Å². The maximum absolute atomic E-state index is 4.77. The molecule has 0 aliphatic heterocycles. The molecule has 4 heteroatoms. The maximum Gasteiger partial charge on any atom is 0.0941 e. The molecule has 0 radical (unpaired) electrons. The van der Waals surface area contributed by atoms with Crippen LogP contribution in [0.1, 0.15) is 30.8 Å². The van der Waals surface area contributed by atoms with E-state index in [9.17, 15) is 0 Å². The molecule has 21 heavy (non-hydrogen) atoms. The number of nitrogens with zero attached hydrogens (tertiary/aromatic N) is 3. The number of rotatable bonds is 5. The average Bonchev–Trinajstić information content (AvgIpc) is 2.56. The van der Waals surface area contributed by atoms with Gasteiger partial charge in [-0.2, -0.15) is 0 Å². The Morgan fingerprint density at radius 2 is 1.95 bits per heavy atom. The zero-order valence-electron chi connectivity index (χ0n) is 12.0. The van der Waals surface area contributed by atoms with Gasteiger partial charge in [-0.15, -0.1) is 0 Å². The Hall–Kier alpha value is -2.33. The van der Waals surface area contributed by atoms with Gasteiger partial charge in [-0.05, 0) is 25.1 Å². The van der Waals surface area contributed by atoms with Crippen LogP contribution in [0.3, 0.4) is 0 Å². The van der Waals surface area contributed by atoms with E-state index in [1.807, 2.05) is 18.2 Å². The molecule has 0 aliphatic rings. The lowest BCUT2D eigenvalue weighted by Crippen LogP contribution is -2.25. The Bertz CT molecular complexity index is 712. The minimum atomic E-state index is -0.0248. The SMILES string of the molecule is CCCNC(c1cnccn1)c1ccc2ccccc2n1. The predicted molar refractivity (Wildman–Crippen MR) is 83.9 cm³/mol. The molecule has 0 saturated carbocycles. The summed E-state index contributed by atoms with van der Waals surface area (Å²) in [6, 6.07) is 12.3. The minimum Gasteiger partial charge on any atom is -0.304 e. The van der Waals surface area contributed by atoms with E-state index in [1.165, 1.54) is 0 Å². The van der Waals surface area contributed by atoms with Gasteiger partial charge in [-0.1, -0.05) is 31.2 Å². The molecule has 0 amide bonds. The lowest BCUT2D eigenvalue weighted by molar-refractivity contribution is 0.574. The average molecular weight is 278 g/mol. The van der Waals surface area contributed by atoms with Crippen LogP contribution in [-0.4, -0.2) is 21.5 Å². The van der Waals surface area contributed by atoms with Crippen molar-refractivity contribution in [3.8, 4) is 0 Å². The van der Waals surface area contributed by atoms with Gasteiger partial charge in [0.05, 0.1) is 29.1 Å². The van der Waals surface area contributed by atoms with Crippen LogP contribution in [0.2, 0.25) is 0 Å². The molecule has 1 N–H and O–H groups in total. The second-order valence-electron chi connectivity index (χ2n) is 4.95. The summed E-state index contributed by atoms with van der Waals surface area (Å²) in [6.45, 7) is 3.06. The van der Waals surface area contributed by atoms with Crippen molar-refractivity contribution in [2.45, 2.75) is 19.4 Å². The third-order valence-electron chi connectivity index (χ3n) is 3.39. The van der Waals surface area contributed by atoms with Crippen LogP contribution in [-0.2, 0) is 0 Å². The van der Waals surface area contributed by atoms with Crippen LogP contribution < -0.4 is 5.32 Å². The van der Waals surface area contributed by atoms with Crippen molar-refractivity contribution in [1.29, 1.82) is 0 Å². The first-order valence-corrected chi connectivity index (χ1v) is 7.23. The lowest BCUT2D eigenvalue weighted by atomic mass is 10.1. The zero-order valence-corrected chi connectivity index (χ0v) is 12.0. The van der Waals surface area contributed by atoms with E-state index < -0.39 is 0 Å². The molecule has 3 rings (SSSR count). The minimum absolute atomic E-state index is 0.0248. The molecule has 106 valence electrons. The number of pyridine rings is 1. The van der Waals surface area contributed by atoms with Crippen LogP contribution in [0.15, 0.2) is 55.0 Å². The predicted octanol–water partition coefficient (Wildman–Crippen LogP) is 3.11. The Balaban J connectivity index is 2.01. The summed E-state index contributed by atoms with van der Waals surface area (Å²) in [7, 11) is 0. The highest BCUT2D eigenvalue weighted by Crippen LogP contribution is 2.21. The van der Waals surface area contributed by atoms with Crippen molar-refractivity contribution >= 4 is 10.9 Å². The van der Waals surface area contributed by atoms with Gasteiger partial charge in [0.25, 0.3) is 0 Å². The smallest absolute Gasteiger partial charge is 0.0941 e. The molecule has 0 fully saturated rings. The Kier molecular flexibility index (Phi) is 4.17. The third kappa shape index (κ3) is 3.06. The fraction of sp³-hybridized carbons (Fsp3) is 0.235. The van der Waals surface area contributed by atoms with Crippen molar-refractivity contribution in [2.24, 2.45) is 0 Å². The van der Waals surface area contributed by atoms with E-state index in [2.05, 4.69) is 40.4 Å². The lowest BCUT2D eigenvalue weighted by Gasteiger charge is -2.17. The Morgan fingerprint density at radius 3 is 2.76 bits per heavy atom. The van der Waals surface area contributed by atoms with Gasteiger partial charge in [0.1, 0.15) is 0 Å². The summed E-state index contributed by atoms with van der Waals surface area (Å²) in [6.07, 6.45) is 6.26. The highest BCUT2D eigenvalue weighted by atomic mass is 15.0. The molecule has 2 heterocycles. The van der Waals surface area contributed by atoms with Gasteiger partial charge in [-0.25, -0.2) is 0 Å². The van der Waals surface area contributed by atoms with Gasteiger partial charge in [0.15, 0.2) is 0 Å². The summed E-state index contributed by atoms with van der Waals surface area (Å²) in [5, 5.41) is 4.65.